The largest absolute Gasteiger partial charge is 0.481 e. The van der Waals surface area contributed by atoms with Crippen molar-refractivity contribution in [2.75, 3.05) is 0 Å². The Kier molecular flexibility index (Phi) is 1.55. The van der Waals surface area contributed by atoms with Crippen LogP contribution in [0.1, 0.15) is 0 Å². The Hall–Kier alpha value is -1.92. The van der Waals surface area contributed by atoms with Gasteiger partial charge in [0, 0.05) is 0 Å². The van der Waals surface area contributed by atoms with Crippen LogP contribution in [0.15, 0.2) is 6.07 Å². The summed E-state index contributed by atoms with van der Waals surface area (Å²) in [7, 11) is 0. The molecule has 1 rings (SSSR count). The summed E-state index contributed by atoms with van der Waals surface area (Å²) < 4.78 is 0. The Morgan fingerprint density at radius 1 is 1.36 bits per heavy atom. The van der Waals surface area contributed by atoms with Gasteiger partial charge in [-0.2, -0.15) is 0 Å². The third-order valence-electron chi connectivity index (χ3n) is 0.851. The van der Waals surface area contributed by atoms with Gasteiger partial charge in [-0.1, -0.05) is 0 Å². The van der Waals surface area contributed by atoms with Gasteiger partial charge in [0.2, 0.25) is 0 Å². The fraction of sp³-hybridized carbons (Fsp3) is 0. The molecule has 1 aromatic rings. The average molecular weight is 157 g/mol. The van der Waals surface area contributed by atoms with Crippen LogP contribution >= 0.6 is 0 Å². The fourth-order valence-corrected chi connectivity index (χ4v) is 0.492. The first kappa shape index (κ1) is 7.19. The Bertz CT molecular complexity index is 279. The zero-order valence-corrected chi connectivity index (χ0v) is 5.13. The molecular weight excluding hydrogens is 154 g/mol. The van der Waals surface area contributed by atoms with Crippen molar-refractivity contribution in [2.24, 2.45) is 0 Å². The summed E-state index contributed by atoms with van der Waals surface area (Å²) in [5.41, 5.74) is 0. The third-order valence-corrected chi connectivity index (χ3v) is 0.851. The predicted octanol–water partition coefficient (Wildman–Crippen LogP) is -0.204. The highest BCUT2D eigenvalue weighted by Crippen LogP contribution is 2.15. The predicted molar refractivity (Wildman–Crippen MR) is 32.0 cm³/mol. The lowest BCUT2D eigenvalue weighted by Crippen LogP contribution is -1.94. The second kappa shape index (κ2) is 2.37. The number of nitrogens with zero attached hydrogens (tertiary/aromatic N) is 3. The summed E-state index contributed by atoms with van der Waals surface area (Å²) in [4.78, 5) is 15.1. The molecule has 0 fully saturated rings. The number of hydrogen-bond donors (Lipinski definition) is 2. The zero-order valence-electron chi connectivity index (χ0n) is 5.13. The Morgan fingerprint density at radius 2 is 1.82 bits per heavy atom. The molecule has 58 valence electrons. The van der Waals surface area contributed by atoms with Crippen LogP contribution < -0.4 is 0 Å². The summed E-state index contributed by atoms with van der Waals surface area (Å²) in [5.74, 6) is -2.10. The molecule has 0 aliphatic carbocycles. The van der Waals surface area contributed by atoms with Crippen molar-refractivity contribution in [2.45, 2.75) is 0 Å². The molecule has 0 unspecified atom stereocenters. The van der Waals surface area contributed by atoms with E-state index < -0.39 is 22.6 Å². The van der Waals surface area contributed by atoms with Crippen LogP contribution in [0.2, 0.25) is 0 Å². The Balaban J connectivity index is 3.19. The second-order valence-electron chi connectivity index (χ2n) is 1.64. The summed E-state index contributed by atoms with van der Waals surface area (Å²) in [6, 6.07) is 0.799. The summed E-state index contributed by atoms with van der Waals surface area (Å²) in [6.45, 7) is 0. The average Bonchev–Trinajstić information content (AvgIpc) is 1.85. The van der Waals surface area contributed by atoms with Gasteiger partial charge >= 0.3 is 5.95 Å². The van der Waals surface area contributed by atoms with E-state index >= 15 is 0 Å². The molecule has 7 heteroatoms. The van der Waals surface area contributed by atoms with E-state index in [2.05, 4.69) is 9.97 Å². The van der Waals surface area contributed by atoms with Crippen molar-refractivity contribution in [3.05, 3.63) is 16.2 Å². The van der Waals surface area contributed by atoms with E-state index in [-0.39, 0.29) is 0 Å². The Labute approximate surface area is 60.1 Å². The first-order valence-electron chi connectivity index (χ1n) is 2.51. The molecule has 7 nitrogen and oxygen atoms in total. The van der Waals surface area contributed by atoms with Gasteiger partial charge in [-0.15, -0.1) is 0 Å². The first-order valence-corrected chi connectivity index (χ1v) is 2.51. The van der Waals surface area contributed by atoms with E-state index in [1.807, 2.05) is 0 Å². The number of aromatic nitrogens is 2. The molecule has 2 N–H and O–H groups in total. The van der Waals surface area contributed by atoms with Crippen LogP contribution in [0.25, 0.3) is 0 Å². The minimum Gasteiger partial charge on any atom is -0.481 e. The minimum atomic E-state index is -0.917. The van der Waals surface area contributed by atoms with Crippen LogP contribution in [0.3, 0.4) is 0 Å². The molecule has 0 saturated heterocycles. The summed E-state index contributed by atoms with van der Waals surface area (Å²) >= 11 is 0. The van der Waals surface area contributed by atoms with E-state index in [1.54, 1.807) is 0 Å². The maximum atomic E-state index is 9.96. The fourth-order valence-electron chi connectivity index (χ4n) is 0.492. The van der Waals surface area contributed by atoms with Gasteiger partial charge in [0.25, 0.3) is 11.8 Å². The molecule has 0 aliphatic rings. The van der Waals surface area contributed by atoms with Crippen molar-refractivity contribution in [1.29, 1.82) is 0 Å². The molecule has 0 aliphatic heterocycles. The first-order chi connectivity index (χ1) is 5.09. The number of nitro groups is 1. The number of rotatable bonds is 1. The van der Waals surface area contributed by atoms with Crippen molar-refractivity contribution in [3.63, 3.8) is 0 Å². The van der Waals surface area contributed by atoms with Crippen molar-refractivity contribution >= 4 is 5.95 Å². The third kappa shape index (κ3) is 1.51. The highest BCUT2D eigenvalue weighted by atomic mass is 16.6. The SMILES string of the molecule is O=[N+]([O-])c1nc(O)cc(O)n1. The maximum Gasteiger partial charge on any atom is 0.475 e. The van der Waals surface area contributed by atoms with E-state index in [0.29, 0.717) is 0 Å². The number of hydrogen-bond acceptors (Lipinski definition) is 6. The highest BCUT2D eigenvalue weighted by molar-refractivity contribution is 5.23. The van der Waals surface area contributed by atoms with E-state index in [1.165, 1.54) is 0 Å². The Morgan fingerprint density at radius 3 is 2.18 bits per heavy atom. The van der Waals surface area contributed by atoms with Gasteiger partial charge in [-0.05, 0) is 14.9 Å². The van der Waals surface area contributed by atoms with Crippen molar-refractivity contribution in [3.8, 4) is 11.8 Å². The van der Waals surface area contributed by atoms with Gasteiger partial charge in [-0.3, -0.25) is 0 Å². The topological polar surface area (TPSA) is 109 Å². The molecule has 0 saturated carbocycles. The van der Waals surface area contributed by atoms with Gasteiger partial charge in [-0.25, -0.2) is 0 Å². The van der Waals surface area contributed by atoms with E-state index in [9.17, 15) is 10.1 Å². The molecule has 1 heterocycles. The van der Waals surface area contributed by atoms with E-state index in [0.717, 1.165) is 6.07 Å². The zero-order chi connectivity index (χ0) is 8.43. The number of aromatic hydroxyl groups is 2. The molecule has 0 amide bonds. The molecule has 0 bridgehead atoms. The molecule has 0 atom stereocenters. The van der Waals surface area contributed by atoms with Gasteiger partial charge in [0.05, 0.1) is 6.07 Å². The maximum absolute atomic E-state index is 9.96. The lowest BCUT2D eigenvalue weighted by molar-refractivity contribution is -0.394. The minimum absolute atomic E-state index is 0.635. The lowest BCUT2D eigenvalue weighted by Gasteiger charge is -1.90. The van der Waals surface area contributed by atoms with Crippen LogP contribution in [0.4, 0.5) is 5.95 Å². The normalized spacial score (nSPS) is 9.45. The molecule has 0 radical (unpaired) electrons. The van der Waals surface area contributed by atoms with E-state index in [4.69, 9.17) is 10.2 Å². The van der Waals surface area contributed by atoms with Crippen molar-refractivity contribution in [1.82, 2.24) is 9.97 Å². The molecule has 0 spiro atoms. The monoisotopic (exact) mass is 157 g/mol. The smallest absolute Gasteiger partial charge is 0.475 e. The van der Waals surface area contributed by atoms with Gasteiger partial charge in [0.15, 0.2) is 0 Å². The highest BCUT2D eigenvalue weighted by Gasteiger charge is 2.13. The second-order valence-corrected chi connectivity index (χ2v) is 1.64. The summed E-state index contributed by atoms with van der Waals surface area (Å²) in [5, 5.41) is 27.2. The summed E-state index contributed by atoms with van der Waals surface area (Å²) in [6.07, 6.45) is 0. The standard InChI is InChI=1S/C4H3N3O4/c8-2-1-3(9)6-4(5-2)7(10)11/h1H,(H2,5,6,8,9). The molecule has 11 heavy (non-hydrogen) atoms. The molecular formula is C4H3N3O4. The van der Waals surface area contributed by atoms with Crippen LogP contribution in [-0.4, -0.2) is 25.1 Å². The van der Waals surface area contributed by atoms with Crippen LogP contribution in [0.5, 0.6) is 11.8 Å². The van der Waals surface area contributed by atoms with Crippen LogP contribution in [0, 0.1) is 10.1 Å². The van der Waals surface area contributed by atoms with Gasteiger partial charge in [0.1, 0.15) is 0 Å². The quantitative estimate of drug-likeness (QED) is 0.431. The van der Waals surface area contributed by atoms with Crippen LogP contribution in [-0.2, 0) is 0 Å². The molecule has 1 aromatic heterocycles. The molecule has 0 aromatic carbocycles. The lowest BCUT2D eigenvalue weighted by atomic mass is 10.6. The van der Waals surface area contributed by atoms with Gasteiger partial charge < -0.3 is 20.3 Å². The van der Waals surface area contributed by atoms with Crippen molar-refractivity contribution < 1.29 is 15.1 Å².